The van der Waals surface area contributed by atoms with Gasteiger partial charge in [-0.1, -0.05) is 12.7 Å². The Bertz CT molecular complexity index is 892. The van der Waals surface area contributed by atoms with E-state index in [0.717, 1.165) is 23.5 Å². The van der Waals surface area contributed by atoms with E-state index in [9.17, 15) is 4.79 Å². The number of rotatable bonds is 10. The van der Waals surface area contributed by atoms with Crippen LogP contribution in [0.3, 0.4) is 0 Å². The summed E-state index contributed by atoms with van der Waals surface area (Å²) in [5, 5.41) is 12.2. The number of hydrogen-bond acceptors (Lipinski definition) is 6. The van der Waals surface area contributed by atoms with E-state index in [1.807, 2.05) is 53.2 Å². The van der Waals surface area contributed by atoms with Crippen molar-refractivity contribution in [2.75, 3.05) is 56.7 Å². The monoisotopic (exact) mass is 471 g/mol. The quantitative estimate of drug-likeness (QED) is 0.512. The van der Waals surface area contributed by atoms with Gasteiger partial charge >= 0.3 is 0 Å². The summed E-state index contributed by atoms with van der Waals surface area (Å²) in [6.07, 6.45) is 7.00. The molecule has 3 rings (SSSR count). The van der Waals surface area contributed by atoms with Crippen LogP contribution in [-0.4, -0.2) is 79.9 Å². The molecule has 2 heterocycles. The Hall–Kier alpha value is -2.84. The van der Waals surface area contributed by atoms with Crippen molar-refractivity contribution in [1.82, 2.24) is 15.1 Å². The molecule has 1 amide bonds. The Morgan fingerprint density at radius 3 is 2.79 bits per heavy atom. The molecule has 0 radical (unpaired) electrons. The van der Waals surface area contributed by atoms with Crippen molar-refractivity contribution in [3.63, 3.8) is 0 Å². The predicted octanol–water partition coefficient (Wildman–Crippen LogP) is 2.70. The van der Waals surface area contributed by atoms with Crippen LogP contribution in [0.2, 0.25) is 0 Å². The maximum Gasteiger partial charge on any atom is 0.227 e. The first-order chi connectivity index (χ1) is 16.4. The molecule has 1 unspecified atom stereocenters. The van der Waals surface area contributed by atoms with Crippen LogP contribution in [-0.2, 0) is 11.3 Å². The summed E-state index contributed by atoms with van der Waals surface area (Å²) in [4.78, 5) is 20.6. The maximum atomic E-state index is 15.4. The fraction of sp³-hybridized carbons (Fsp3) is 0.500. The van der Waals surface area contributed by atoms with Crippen molar-refractivity contribution >= 4 is 17.3 Å². The molecule has 1 saturated heterocycles. The normalized spacial score (nSPS) is 23.3. The molecular formula is C26H38FN5O2. The number of nitrogens with one attached hydrogen (secondary N) is 1. The summed E-state index contributed by atoms with van der Waals surface area (Å²) in [5.41, 5.74) is 2.77. The molecule has 34 heavy (non-hydrogen) atoms. The van der Waals surface area contributed by atoms with Crippen molar-refractivity contribution in [3.8, 4) is 0 Å². The fourth-order valence-corrected chi connectivity index (χ4v) is 4.87. The SMILES string of the molecule is C=CC[C@H]1C(F)CN(C=C)Cc2cc(N3C[C@@H](CN(C)CCO)CC3=O)ccc2N1/C=C\NC. The molecular weight excluding hydrogens is 433 g/mol. The number of anilines is 2. The third-order valence-corrected chi connectivity index (χ3v) is 6.53. The molecule has 0 aliphatic carbocycles. The zero-order valence-electron chi connectivity index (χ0n) is 20.4. The lowest BCUT2D eigenvalue weighted by Crippen LogP contribution is -2.45. The van der Waals surface area contributed by atoms with Crippen molar-refractivity contribution in [2.45, 2.75) is 31.6 Å². The van der Waals surface area contributed by atoms with Crippen LogP contribution in [0.5, 0.6) is 0 Å². The van der Waals surface area contributed by atoms with E-state index in [0.29, 0.717) is 32.5 Å². The van der Waals surface area contributed by atoms with Crippen LogP contribution in [0.15, 0.2) is 56.0 Å². The minimum Gasteiger partial charge on any atom is -0.395 e. The minimum atomic E-state index is -1.10. The number of carbonyl (C=O) groups is 1. The van der Waals surface area contributed by atoms with Gasteiger partial charge in [0.1, 0.15) is 6.17 Å². The van der Waals surface area contributed by atoms with Gasteiger partial charge in [-0.2, -0.15) is 0 Å². The highest BCUT2D eigenvalue weighted by atomic mass is 19.1. The van der Waals surface area contributed by atoms with E-state index in [1.165, 1.54) is 0 Å². The van der Waals surface area contributed by atoms with Crippen LogP contribution in [0.25, 0.3) is 0 Å². The summed E-state index contributed by atoms with van der Waals surface area (Å²) in [7, 11) is 3.77. The molecule has 8 heteroatoms. The number of aliphatic hydroxyl groups excluding tert-OH is 1. The second-order valence-corrected chi connectivity index (χ2v) is 9.10. The molecule has 1 fully saturated rings. The number of likely N-dealkylation sites (N-methyl/N-ethyl adjacent to an activating group) is 1. The predicted molar refractivity (Wildman–Crippen MR) is 136 cm³/mol. The molecule has 0 spiro atoms. The molecule has 3 atom stereocenters. The van der Waals surface area contributed by atoms with Crippen LogP contribution in [0.1, 0.15) is 18.4 Å². The van der Waals surface area contributed by atoms with Gasteiger partial charge in [-0.25, -0.2) is 4.39 Å². The third kappa shape index (κ3) is 5.98. The molecule has 2 aliphatic rings. The molecule has 186 valence electrons. The Kier molecular flexibility index (Phi) is 9.12. The summed E-state index contributed by atoms with van der Waals surface area (Å²) >= 11 is 0. The Morgan fingerprint density at radius 2 is 2.12 bits per heavy atom. The number of fused-ring (bicyclic) bond motifs is 1. The van der Waals surface area contributed by atoms with Crippen LogP contribution >= 0.6 is 0 Å². The number of halogens is 1. The highest BCUT2D eigenvalue weighted by Crippen LogP contribution is 2.35. The van der Waals surface area contributed by atoms with Gasteiger partial charge in [0.2, 0.25) is 5.91 Å². The van der Waals surface area contributed by atoms with E-state index >= 15 is 4.39 Å². The highest BCUT2D eigenvalue weighted by Gasteiger charge is 2.34. The van der Waals surface area contributed by atoms with E-state index in [4.69, 9.17) is 5.11 Å². The largest absolute Gasteiger partial charge is 0.395 e. The van der Waals surface area contributed by atoms with E-state index in [-0.39, 0.29) is 25.0 Å². The van der Waals surface area contributed by atoms with Crippen LogP contribution < -0.4 is 15.1 Å². The van der Waals surface area contributed by atoms with Gasteiger partial charge in [-0.15, -0.1) is 6.58 Å². The number of alkyl halides is 1. The number of amides is 1. The second kappa shape index (κ2) is 12.0. The lowest BCUT2D eigenvalue weighted by atomic mass is 10.00. The molecule has 0 aromatic heterocycles. The fourth-order valence-electron chi connectivity index (χ4n) is 4.87. The zero-order valence-corrected chi connectivity index (χ0v) is 20.4. The van der Waals surface area contributed by atoms with Gasteiger partial charge in [0.15, 0.2) is 0 Å². The van der Waals surface area contributed by atoms with E-state index in [2.05, 4.69) is 23.4 Å². The maximum absolute atomic E-state index is 15.4. The van der Waals surface area contributed by atoms with Gasteiger partial charge in [-0.05, 0) is 49.3 Å². The van der Waals surface area contributed by atoms with Gasteiger partial charge in [-0.3, -0.25) is 4.79 Å². The molecule has 1 aromatic carbocycles. The van der Waals surface area contributed by atoms with Crippen molar-refractivity contribution in [1.29, 1.82) is 0 Å². The first-order valence-electron chi connectivity index (χ1n) is 11.9. The summed E-state index contributed by atoms with van der Waals surface area (Å²) < 4.78 is 15.4. The lowest BCUT2D eigenvalue weighted by Gasteiger charge is -2.39. The first kappa shape index (κ1) is 25.8. The Morgan fingerprint density at radius 1 is 1.32 bits per heavy atom. The Balaban J connectivity index is 1.94. The zero-order chi connectivity index (χ0) is 24.7. The summed E-state index contributed by atoms with van der Waals surface area (Å²) in [6.45, 7) is 10.6. The number of aliphatic hydroxyl groups is 1. The average Bonchev–Trinajstić information content (AvgIpc) is 3.17. The van der Waals surface area contributed by atoms with Gasteiger partial charge in [0.05, 0.1) is 19.2 Å². The first-order valence-corrected chi connectivity index (χ1v) is 11.9. The van der Waals surface area contributed by atoms with E-state index < -0.39 is 12.2 Å². The van der Waals surface area contributed by atoms with E-state index in [1.54, 1.807) is 18.5 Å². The molecule has 0 saturated carbocycles. The topological polar surface area (TPSA) is 62.3 Å². The number of nitrogens with zero attached hydrogens (tertiary/aromatic N) is 4. The van der Waals surface area contributed by atoms with Crippen LogP contribution in [0, 0.1) is 5.92 Å². The lowest BCUT2D eigenvalue weighted by molar-refractivity contribution is -0.117. The minimum absolute atomic E-state index is 0.106. The van der Waals surface area contributed by atoms with Gasteiger partial charge in [0.25, 0.3) is 0 Å². The molecule has 7 nitrogen and oxygen atoms in total. The smallest absolute Gasteiger partial charge is 0.227 e. The standard InChI is InChI=1S/C26H38FN5O2/c1-5-7-25-23(27)19-30(6-2)18-21-15-22(8-9-24(21)31(25)11-10-28-3)32-17-20(14-26(32)34)16-29(4)12-13-33/h5-6,8-11,15,20,23,25,28,33H,1-2,7,12-14,16-19H2,3-4H3/b11-10-/t20-,23?,25+/m1/s1. The Labute approximate surface area is 202 Å². The number of carbonyl (C=O) groups excluding carboxylic acids is 1. The third-order valence-electron chi connectivity index (χ3n) is 6.53. The van der Waals surface area contributed by atoms with Crippen molar-refractivity contribution < 1.29 is 14.3 Å². The highest BCUT2D eigenvalue weighted by molar-refractivity contribution is 5.96. The van der Waals surface area contributed by atoms with Crippen molar-refractivity contribution in [3.05, 3.63) is 61.6 Å². The van der Waals surface area contributed by atoms with Crippen molar-refractivity contribution in [2.24, 2.45) is 5.92 Å². The van der Waals surface area contributed by atoms with Gasteiger partial charge in [0, 0.05) is 63.4 Å². The molecule has 1 aromatic rings. The molecule has 2 N–H and O–H groups in total. The van der Waals surface area contributed by atoms with Crippen LogP contribution in [0.4, 0.5) is 15.8 Å². The van der Waals surface area contributed by atoms with Gasteiger partial charge < -0.3 is 30.0 Å². The number of benzene rings is 1. The molecule has 2 aliphatic heterocycles. The molecule has 0 bridgehead atoms. The number of hydrogen-bond donors (Lipinski definition) is 2. The average molecular weight is 472 g/mol. The second-order valence-electron chi connectivity index (χ2n) is 9.10. The summed E-state index contributed by atoms with van der Waals surface area (Å²) in [5.74, 6) is 0.323. The summed E-state index contributed by atoms with van der Waals surface area (Å²) in [6, 6.07) is 5.58.